The quantitative estimate of drug-likeness (QED) is 0.623. The molecule has 21 heavy (non-hydrogen) atoms. The van der Waals surface area contributed by atoms with E-state index in [2.05, 4.69) is 26.5 Å². The highest BCUT2D eigenvalue weighted by atomic mass is 79.9. The number of hydrogen-bond acceptors (Lipinski definition) is 3. The Morgan fingerprint density at radius 2 is 2.24 bits per heavy atom. The van der Waals surface area contributed by atoms with Crippen molar-refractivity contribution in [3.8, 4) is 0 Å². The molecule has 0 amide bonds. The van der Waals surface area contributed by atoms with Crippen LogP contribution in [0.15, 0.2) is 22.7 Å². The van der Waals surface area contributed by atoms with Crippen molar-refractivity contribution in [1.29, 1.82) is 0 Å². The van der Waals surface area contributed by atoms with Crippen molar-refractivity contribution in [1.82, 2.24) is 15.2 Å². The number of benzene rings is 1. The molecule has 1 atom stereocenters. The first kappa shape index (κ1) is 16.4. The fourth-order valence-corrected chi connectivity index (χ4v) is 3.23. The molecule has 114 valence electrons. The van der Waals surface area contributed by atoms with Crippen LogP contribution >= 0.6 is 27.5 Å². The molecule has 1 unspecified atom stereocenters. The number of hydrogen-bond donors (Lipinski definition) is 2. The Morgan fingerprint density at radius 3 is 2.81 bits per heavy atom. The van der Waals surface area contributed by atoms with Crippen LogP contribution in [0.5, 0.6) is 0 Å². The zero-order valence-corrected chi connectivity index (χ0v) is 14.2. The summed E-state index contributed by atoms with van der Waals surface area (Å²) in [7, 11) is 1.86. The smallest absolute Gasteiger partial charge is 0.128 e. The van der Waals surface area contributed by atoms with E-state index in [9.17, 15) is 4.39 Å². The van der Waals surface area contributed by atoms with E-state index in [-0.39, 0.29) is 11.9 Å². The molecule has 7 heteroatoms. The molecule has 0 bridgehead atoms. The lowest BCUT2D eigenvalue weighted by Gasteiger charge is -2.18. The third-order valence-electron chi connectivity index (χ3n) is 3.44. The molecule has 0 spiro atoms. The molecule has 0 aliphatic carbocycles. The topological polar surface area (TPSA) is 55.9 Å². The number of hydrazine groups is 1. The number of aryl methyl sites for hydroxylation is 2. The van der Waals surface area contributed by atoms with Gasteiger partial charge in [-0.1, -0.05) is 18.5 Å². The molecule has 0 saturated carbocycles. The fraction of sp³-hybridized carbons (Fsp3) is 0.357. The van der Waals surface area contributed by atoms with Gasteiger partial charge in [-0.3, -0.25) is 16.0 Å². The third-order valence-corrected chi connectivity index (χ3v) is 4.59. The van der Waals surface area contributed by atoms with E-state index in [1.807, 2.05) is 14.0 Å². The minimum atomic E-state index is -0.389. The van der Waals surface area contributed by atoms with Gasteiger partial charge in [-0.05, 0) is 40.5 Å². The molecule has 0 fully saturated rings. The van der Waals surface area contributed by atoms with E-state index in [0.29, 0.717) is 17.0 Å². The van der Waals surface area contributed by atoms with Crippen LogP contribution in [0, 0.1) is 5.82 Å². The Kier molecular flexibility index (Phi) is 5.37. The highest BCUT2D eigenvalue weighted by molar-refractivity contribution is 9.10. The Balaban J connectivity index is 2.36. The number of rotatable bonds is 5. The van der Waals surface area contributed by atoms with Gasteiger partial charge in [0.15, 0.2) is 0 Å². The molecule has 1 aromatic heterocycles. The van der Waals surface area contributed by atoms with Crippen LogP contribution < -0.4 is 11.3 Å². The number of aromatic nitrogens is 2. The first-order valence-corrected chi connectivity index (χ1v) is 7.76. The van der Waals surface area contributed by atoms with Gasteiger partial charge in [0.1, 0.15) is 5.82 Å². The second-order valence-corrected chi connectivity index (χ2v) is 6.00. The fourth-order valence-electron chi connectivity index (χ4n) is 2.28. The molecule has 0 radical (unpaired) electrons. The maximum absolute atomic E-state index is 14.0. The summed E-state index contributed by atoms with van der Waals surface area (Å²) in [6.07, 6.45) is 1.32. The summed E-state index contributed by atoms with van der Waals surface area (Å²) in [5.41, 5.74) is 5.02. The summed E-state index contributed by atoms with van der Waals surface area (Å²) in [5, 5.41) is 4.91. The van der Waals surface area contributed by atoms with Crippen LogP contribution in [-0.4, -0.2) is 9.78 Å². The summed E-state index contributed by atoms with van der Waals surface area (Å²) < 4.78 is 16.7. The van der Waals surface area contributed by atoms with Crippen LogP contribution in [0.3, 0.4) is 0 Å². The van der Waals surface area contributed by atoms with Gasteiger partial charge in [-0.15, -0.1) is 0 Å². The normalized spacial score (nSPS) is 12.7. The van der Waals surface area contributed by atoms with Gasteiger partial charge in [0.25, 0.3) is 0 Å². The molecular formula is C14H17BrClFN4. The summed E-state index contributed by atoms with van der Waals surface area (Å²) >= 11 is 9.50. The predicted octanol–water partition coefficient (Wildman–Crippen LogP) is 3.28. The van der Waals surface area contributed by atoms with Gasteiger partial charge >= 0.3 is 0 Å². The second kappa shape index (κ2) is 6.87. The zero-order chi connectivity index (χ0) is 15.6. The zero-order valence-electron chi connectivity index (χ0n) is 11.8. The van der Waals surface area contributed by atoms with E-state index < -0.39 is 0 Å². The van der Waals surface area contributed by atoms with E-state index in [1.165, 1.54) is 12.1 Å². The molecule has 1 heterocycles. The van der Waals surface area contributed by atoms with Gasteiger partial charge in [0.05, 0.1) is 21.9 Å². The minimum absolute atomic E-state index is 0.337. The Morgan fingerprint density at radius 1 is 1.52 bits per heavy atom. The van der Waals surface area contributed by atoms with Crippen molar-refractivity contribution < 1.29 is 4.39 Å². The molecule has 2 rings (SSSR count). The highest BCUT2D eigenvalue weighted by Gasteiger charge is 2.20. The first-order valence-electron chi connectivity index (χ1n) is 6.59. The summed E-state index contributed by atoms with van der Waals surface area (Å²) in [6, 6.07) is 4.06. The van der Waals surface area contributed by atoms with E-state index in [1.54, 1.807) is 10.7 Å². The SMILES string of the molecule is CCc1nn(C)c(CC(NN)c2cc(Cl)ccc2F)c1Br. The van der Waals surface area contributed by atoms with Crippen molar-refractivity contribution in [2.45, 2.75) is 25.8 Å². The van der Waals surface area contributed by atoms with Gasteiger partial charge in [-0.25, -0.2) is 4.39 Å². The molecule has 0 saturated heterocycles. The van der Waals surface area contributed by atoms with E-state index in [0.717, 1.165) is 22.3 Å². The average molecular weight is 376 g/mol. The summed E-state index contributed by atoms with van der Waals surface area (Å²) in [5.74, 6) is 5.27. The predicted molar refractivity (Wildman–Crippen MR) is 85.5 cm³/mol. The van der Waals surface area contributed by atoms with Crippen molar-refractivity contribution >= 4 is 27.5 Å². The first-order chi connectivity index (χ1) is 9.97. The summed E-state index contributed by atoms with van der Waals surface area (Å²) in [4.78, 5) is 0. The molecule has 3 N–H and O–H groups in total. The van der Waals surface area contributed by atoms with Crippen LogP contribution in [0.2, 0.25) is 5.02 Å². The van der Waals surface area contributed by atoms with Crippen molar-refractivity contribution in [2.24, 2.45) is 12.9 Å². The maximum atomic E-state index is 14.0. The minimum Gasteiger partial charge on any atom is -0.271 e. The number of nitrogens with zero attached hydrogens (tertiary/aromatic N) is 2. The Hall–Kier alpha value is -0.950. The lowest BCUT2D eigenvalue weighted by atomic mass is 10.0. The molecule has 1 aromatic carbocycles. The van der Waals surface area contributed by atoms with Crippen LogP contribution in [0.4, 0.5) is 4.39 Å². The van der Waals surface area contributed by atoms with E-state index >= 15 is 0 Å². The van der Waals surface area contributed by atoms with Gasteiger partial charge in [0, 0.05) is 24.1 Å². The van der Waals surface area contributed by atoms with Crippen LogP contribution in [0.1, 0.15) is 29.9 Å². The van der Waals surface area contributed by atoms with Crippen LogP contribution in [-0.2, 0) is 19.9 Å². The van der Waals surface area contributed by atoms with Crippen molar-refractivity contribution in [2.75, 3.05) is 0 Å². The molecule has 2 aromatic rings. The van der Waals surface area contributed by atoms with Gasteiger partial charge in [-0.2, -0.15) is 5.10 Å². The number of halogens is 3. The molecule has 0 aliphatic heterocycles. The second-order valence-electron chi connectivity index (χ2n) is 4.77. The monoisotopic (exact) mass is 374 g/mol. The lowest BCUT2D eigenvalue weighted by Crippen LogP contribution is -2.31. The Labute approximate surface area is 136 Å². The maximum Gasteiger partial charge on any atom is 0.128 e. The Bertz CT molecular complexity index is 644. The largest absolute Gasteiger partial charge is 0.271 e. The molecule has 0 aliphatic rings. The number of nitrogens with one attached hydrogen (secondary N) is 1. The van der Waals surface area contributed by atoms with Gasteiger partial charge < -0.3 is 0 Å². The summed E-state index contributed by atoms with van der Waals surface area (Å²) in [6.45, 7) is 2.03. The highest BCUT2D eigenvalue weighted by Crippen LogP contribution is 2.28. The standard InChI is InChI=1S/C14H17BrClFN4/c1-3-11-14(15)13(21(2)20-11)7-12(19-18)9-6-8(16)4-5-10(9)17/h4-6,12,19H,3,7,18H2,1-2H3. The molecular weight excluding hydrogens is 359 g/mol. The van der Waals surface area contributed by atoms with Crippen molar-refractivity contribution in [3.63, 3.8) is 0 Å². The number of nitrogens with two attached hydrogens (primary N) is 1. The third kappa shape index (κ3) is 3.45. The van der Waals surface area contributed by atoms with Crippen LogP contribution in [0.25, 0.3) is 0 Å². The van der Waals surface area contributed by atoms with Gasteiger partial charge in [0.2, 0.25) is 0 Å². The average Bonchev–Trinajstić information content (AvgIpc) is 2.74. The lowest BCUT2D eigenvalue weighted by molar-refractivity contribution is 0.496. The van der Waals surface area contributed by atoms with Crippen molar-refractivity contribution in [3.05, 3.63) is 50.5 Å². The van der Waals surface area contributed by atoms with E-state index in [4.69, 9.17) is 17.4 Å². The molecule has 4 nitrogen and oxygen atoms in total.